The molecule has 7 nitrogen and oxygen atoms in total. The summed E-state index contributed by atoms with van der Waals surface area (Å²) in [6.07, 6.45) is 7.40. The van der Waals surface area contributed by atoms with E-state index in [0.29, 0.717) is 19.0 Å². The fourth-order valence-electron chi connectivity index (χ4n) is 1.76. The van der Waals surface area contributed by atoms with Gasteiger partial charge in [-0.15, -0.1) is 0 Å². The second-order valence-corrected chi connectivity index (χ2v) is 6.61. The van der Waals surface area contributed by atoms with Crippen LogP contribution in [0.1, 0.15) is 32.6 Å². The molecule has 0 saturated heterocycles. The second kappa shape index (κ2) is 10.1. The normalized spacial score (nSPS) is 12.3. The number of aliphatic imine (C=N–C) groups is 1. The molecule has 1 aromatic heterocycles. The van der Waals surface area contributed by atoms with Gasteiger partial charge in [0.2, 0.25) is 10.0 Å². The molecule has 22 heavy (non-hydrogen) atoms. The number of sulfonamides is 1. The monoisotopic (exact) mass is 327 g/mol. The van der Waals surface area contributed by atoms with Crippen LogP contribution in [0.3, 0.4) is 0 Å². The summed E-state index contributed by atoms with van der Waals surface area (Å²) in [6, 6.07) is 3.07. The highest BCUT2D eigenvalue weighted by atomic mass is 32.2. The first kappa shape index (κ1) is 18.4. The molecule has 8 heteroatoms. The average molecular weight is 327 g/mol. The van der Waals surface area contributed by atoms with Gasteiger partial charge in [-0.1, -0.05) is 26.2 Å². The van der Waals surface area contributed by atoms with E-state index in [-0.39, 0.29) is 11.4 Å². The second-order valence-electron chi connectivity index (χ2n) is 4.84. The lowest BCUT2D eigenvalue weighted by Crippen LogP contribution is -2.38. The van der Waals surface area contributed by atoms with Crippen molar-refractivity contribution in [3.05, 3.63) is 24.5 Å². The van der Waals surface area contributed by atoms with E-state index < -0.39 is 10.0 Å². The first-order valence-corrected chi connectivity index (χ1v) is 8.98. The van der Waals surface area contributed by atoms with Gasteiger partial charge in [-0.2, -0.15) is 0 Å². The maximum absolute atomic E-state index is 11.9. The maximum atomic E-state index is 11.9. The summed E-state index contributed by atoms with van der Waals surface area (Å²) in [5, 5.41) is 2.88. The molecular formula is C14H25N5O2S. The van der Waals surface area contributed by atoms with Crippen molar-refractivity contribution in [3.8, 4) is 0 Å². The summed E-state index contributed by atoms with van der Waals surface area (Å²) in [6.45, 7) is 3.46. The highest BCUT2D eigenvalue weighted by Gasteiger charge is 2.12. The predicted molar refractivity (Wildman–Crippen MR) is 88.1 cm³/mol. The summed E-state index contributed by atoms with van der Waals surface area (Å²) in [7, 11) is -3.52. The van der Waals surface area contributed by atoms with Gasteiger partial charge in [0, 0.05) is 32.0 Å². The molecule has 0 saturated carbocycles. The molecule has 1 rings (SSSR count). The lowest BCUT2D eigenvalue weighted by atomic mass is 10.2. The summed E-state index contributed by atoms with van der Waals surface area (Å²) < 4.78 is 26.3. The van der Waals surface area contributed by atoms with E-state index in [1.165, 1.54) is 31.3 Å². The number of nitrogens with zero attached hydrogens (tertiary/aromatic N) is 2. The maximum Gasteiger partial charge on any atom is 0.242 e. The van der Waals surface area contributed by atoms with E-state index in [1.807, 2.05) is 0 Å². The molecule has 0 bridgehead atoms. The van der Waals surface area contributed by atoms with Crippen LogP contribution in [-0.4, -0.2) is 39.0 Å². The van der Waals surface area contributed by atoms with Gasteiger partial charge in [0.05, 0.1) is 0 Å². The lowest BCUT2D eigenvalue weighted by molar-refractivity contribution is 0.580. The van der Waals surface area contributed by atoms with Crippen molar-refractivity contribution < 1.29 is 8.42 Å². The number of nitrogens with one attached hydrogen (secondary N) is 2. The van der Waals surface area contributed by atoms with E-state index in [2.05, 4.69) is 26.9 Å². The van der Waals surface area contributed by atoms with Crippen molar-refractivity contribution in [1.29, 1.82) is 0 Å². The molecule has 0 fully saturated rings. The Hall–Kier alpha value is -1.67. The SMILES string of the molecule is CCCCCCN=C(N)NCCNS(=O)(=O)c1cccnc1. The van der Waals surface area contributed by atoms with Crippen molar-refractivity contribution in [1.82, 2.24) is 15.0 Å². The lowest BCUT2D eigenvalue weighted by Gasteiger charge is -2.08. The van der Waals surface area contributed by atoms with E-state index in [9.17, 15) is 8.42 Å². The van der Waals surface area contributed by atoms with Gasteiger partial charge in [-0.25, -0.2) is 13.1 Å². The Morgan fingerprint density at radius 3 is 2.82 bits per heavy atom. The molecule has 0 amide bonds. The number of pyridine rings is 1. The smallest absolute Gasteiger partial charge is 0.242 e. The van der Waals surface area contributed by atoms with Crippen LogP contribution < -0.4 is 15.8 Å². The summed E-state index contributed by atoms with van der Waals surface area (Å²) in [5.74, 6) is 0.345. The highest BCUT2D eigenvalue weighted by molar-refractivity contribution is 7.89. The number of rotatable bonds is 10. The Morgan fingerprint density at radius 2 is 2.14 bits per heavy atom. The van der Waals surface area contributed by atoms with Crippen LogP contribution in [0, 0.1) is 0 Å². The molecule has 0 aliphatic heterocycles. The van der Waals surface area contributed by atoms with Crippen molar-refractivity contribution in [2.24, 2.45) is 10.7 Å². The Bertz CT molecular complexity index is 546. The molecule has 0 atom stereocenters. The third-order valence-corrected chi connectivity index (χ3v) is 4.41. The number of aromatic nitrogens is 1. The Kier molecular flexibility index (Phi) is 8.46. The molecule has 1 aromatic rings. The fraction of sp³-hybridized carbons (Fsp3) is 0.571. The minimum Gasteiger partial charge on any atom is -0.370 e. The zero-order valence-corrected chi connectivity index (χ0v) is 13.8. The molecule has 124 valence electrons. The van der Waals surface area contributed by atoms with Crippen LogP contribution in [0.15, 0.2) is 34.4 Å². The molecule has 0 unspecified atom stereocenters. The van der Waals surface area contributed by atoms with Crippen molar-refractivity contribution in [2.75, 3.05) is 19.6 Å². The first-order valence-electron chi connectivity index (χ1n) is 7.49. The van der Waals surface area contributed by atoms with Gasteiger partial charge in [0.1, 0.15) is 4.90 Å². The van der Waals surface area contributed by atoms with E-state index in [1.54, 1.807) is 6.07 Å². The topological polar surface area (TPSA) is 109 Å². The largest absolute Gasteiger partial charge is 0.370 e. The number of hydrogen-bond donors (Lipinski definition) is 3. The van der Waals surface area contributed by atoms with Gasteiger partial charge in [-0.3, -0.25) is 9.98 Å². The van der Waals surface area contributed by atoms with Gasteiger partial charge >= 0.3 is 0 Å². The average Bonchev–Trinajstić information content (AvgIpc) is 2.52. The fourth-order valence-corrected chi connectivity index (χ4v) is 2.75. The van der Waals surface area contributed by atoms with E-state index in [0.717, 1.165) is 12.8 Å². The predicted octanol–water partition coefficient (Wildman–Crippen LogP) is 0.845. The van der Waals surface area contributed by atoms with Gasteiger partial charge < -0.3 is 11.1 Å². The molecular weight excluding hydrogens is 302 g/mol. The molecule has 4 N–H and O–H groups in total. The Morgan fingerprint density at radius 1 is 1.32 bits per heavy atom. The van der Waals surface area contributed by atoms with Gasteiger partial charge in [0.15, 0.2) is 5.96 Å². The number of nitrogens with two attached hydrogens (primary N) is 1. The summed E-state index contributed by atoms with van der Waals surface area (Å²) >= 11 is 0. The zero-order valence-electron chi connectivity index (χ0n) is 13.0. The van der Waals surface area contributed by atoms with Crippen LogP contribution in [0.2, 0.25) is 0 Å². The molecule has 0 aromatic carbocycles. The standard InChI is InChI=1S/C14H25N5O2S/c1-2-3-4-5-9-17-14(15)18-10-11-19-22(20,21)13-7-6-8-16-12-13/h6-8,12,19H,2-5,9-11H2,1H3,(H3,15,17,18). The molecule has 1 heterocycles. The molecule has 0 aliphatic carbocycles. The van der Waals surface area contributed by atoms with Crippen LogP contribution in [-0.2, 0) is 10.0 Å². The van der Waals surface area contributed by atoms with Crippen molar-refractivity contribution >= 4 is 16.0 Å². The highest BCUT2D eigenvalue weighted by Crippen LogP contribution is 2.04. The third kappa shape index (κ3) is 7.37. The van der Waals surface area contributed by atoms with Gasteiger partial charge in [0.25, 0.3) is 0 Å². The zero-order chi connectivity index (χ0) is 16.3. The Labute approximate surface area is 132 Å². The van der Waals surface area contributed by atoms with Crippen molar-refractivity contribution in [2.45, 2.75) is 37.5 Å². The Balaban J connectivity index is 2.23. The van der Waals surface area contributed by atoms with Crippen LogP contribution in [0.25, 0.3) is 0 Å². The summed E-state index contributed by atoms with van der Waals surface area (Å²) in [5.41, 5.74) is 5.70. The number of guanidine groups is 1. The van der Waals surface area contributed by atoms with Gasteiger partial charge in [-0.05, 0) is 18.6 Å². The number of unbranched alkanes of at least 4 members (excludes halogenated alkanes) is 3. The molecule has 0 spiro atoms. The minimum absolute atomic E-state index is 0.146. The minimum atomic E-state index is -3.52. The quantitative estimate of drug-likeness (QED) is 0.335. The first-order chi connectivity index (χ1) is 10.6. The van der Waals surface area contributed by atoms with E-state index >= 15 is 0 Å². The van der Waals surface area contributed by atoms with Crippen LogP contribution in [0.5, 0.6) is 0 Å². The summed E-state index contributed by atoms with van der Waals surface area (Å²) in [4.78, 5) is 8.12. The molecule has 0 aliphatic rings. The third-order valence-electron chi connectivity index (χ3n) is 2.96. The van der Waals surface area contributed by atoms with E-state index in [4.69, 9.17) is 5.73 Å². The van der Waals surface area contributed by atoms with Crippen LogP contribution >= 0.6 is 0 Å². The van der Waals surface area contributed by atoms with Crippen LogP contribution in [0.4, 0.5) is 0 Å². The molecule has 0 radical (unpaired) electrons. The number of hydrogen-bond acceptors (Lipinski definition) is 4. The van der Waals surface area contributed by atoms with Crippen molar-refractivity contribution in [3.63, 3.8) is 0 Å².